The number of hydrogen-bond acceptors (Lipinski definition) is 5. The molecule has 4 rings (SSSR count). The molecule has 1 aliphatic rings. The fraction of sp³-hybridized carbons (Fsp3) is 0.360. The fourth-order valence-corrected chi connectivity index (χ4v) is 4.52. The zero-order valence-electron chi connectivity index (χ0n) is 20.3. The summed E-state index contributed by atoms with van der Waals surface area (Å²) >= 11 is 0. The van der Waals surface area contributed by atoms with Gasteiger partial charge in [-0.1, -0.05) is 30.6 Å². The summed E-state index contributed by atoms with van der Waals surface area (Å²) in [6.07, 6.45) is 2.46. The number of hydrogen-bond donors (Lipinski definition) is 1. The van der Waals surface area contributed by atoms with Crippen LogP contribution in [-0.2, 0) is 11.7 Å². The lowest BCUT2D eigenvalue weighted by atomic mass is 10.1. The summed E-state index contributed by atoms with van der Waals surface area (Å²) in [5.41, 5.74) is 2.31. The van der Waals surface area contributed by atoms with E-state index in [-0.39, 0.29) is 18.1 Å². The number of benzene rings is 2. The summed E-state index contributed by atoms with van der Waals surface area (Å²) in [6, 6.07) is 9.81. The maximum absolute atomic E-state index is 14.4. The zero-order chi connectivity index (χ0) is 25.9. The highest BCUT2D eigenvalue weighted by Gasteiger charge is 2.23. The number of nitrogens with one attached hydrogen (secondary N) is 1. The van der Waals surface area contributed by atoms with Gasteiger partial charge < -0.3 is 24.3 Å². The number of halogens is 2. The lowest BCUT2D eigenvalue weighted by Crippen LogP contribution is -2.41. The number of nitrogens with zero attached hydrogens (tertiary/aromatic N) is 3. The topological polar surface area (TPSA) is 70.8 Å². The van der Waals surface area contributed by atoms with Gasteiger partial charge >= 0.3 is 6.03 Å². The summed E-state index contributed by atoms with van der Waals surface area (Å²) < 4.78 is 39.6. The Morgan fingerprint density at radius 3 is 2.67 bits per heavy atom. The van der Waals surface area contributed by atoms with Crippen molar-refractivity contribution in [3.05, 3.63) is 65.4 Å². The molecule has 0 radical (unpaired) electrons. The van der Waals surface area contributed by atoms with E-state index >= 15 is 0 Å². The third-order valence-corrected chi connectivity index (χ3v) is 6.81. The summed E-state index contributed by atoms with van der Waals surface area (Å²) in [5.74, 6) is 1.36. The van der Waals surface area contributed by atoms with Gasteiger partial charge in [-0.3, -0.25) is 0 Å². The number of methoxy groups -OCH3 is 1. The quantitative estimate of drug-likeness (QED) is 0.449. The second-order valence-corrected chi connectivity index (χ2v) is 11.0. The number of aryl methyl sites for hydroxylation is 1. The van der Waals surface area contributed by atoms with Gasteiger partial charge in [0.25, 0.3) is 0 Å². The zero-order valence-corrected chi connectivity index (χ0v) is 22.6. The van der Waals surface area contributed by atoms with Crippen LogP contribution in [0.4, 0.5) is 19.3 Å². The third-order valence-electron chi connectivity index (χ3n) is 6.15. The Kier molecular flexibility index (Phi) is 8.11. The van der Waals surface area contributed by atoms with Crippen molar-refractivity contribution in [1.82, 2.24) is 15.2 Å². The van der Waals surface area contributed by atoms with Gasteiger partial charge in [-0.05, 0) is 30.2 Å². The molecule has 2 heterocycles. The molecular weight excluding hydrogens is 504 g/mol. The molecule has 192 valence electrons. The molecule has 2 aromatic carbocycles. The van der Waals surface area contributed by atoms with Crippen LogP contribution in [0.1, 0.15) is 23.4 Å². The van der Waals surface area contributed by atoms with E-state index in [0.29, 0.717) is 42.6 Å². The Bertz CT molecular complexity index is 1230. The maximum atomic E-state index is 14.4. The lowest BCUT2D eigenvalue weighted by molar-refractivity contribution is 0.201. The van der Waals surface area contributed by atoms with Crippen molar-refractivity contribution in [2.45, 2.75) is 25.0 Å². The van der Waals surface area contributed by atoms with Crippen molar-refractivity contribution in [3.63, 3.8) is 0 Å². The fourth-order valence-electron chi connectivity index (χ4n) is 4.16. The molecule has 1 N–H and O–H groups in total. The van der Waals surface area contributed by atoms with Gasteiger partial charge in [0.2, 0.25) is 0 Å². The number of amides is 2. The number of urea groups is 1. The number of oxazole rings is 1. The minimum atomic E-state index is -1.79. The molecule has 2 atom stereocenters. The van der Waals surface area contributed by atoms with Crippen LogP contribution >= 0.6 is 18.5 Å². The minimum Gasteiger partial charge on any atom is -0.496 e. The van der Waals surface area contributed by atoms with Gasteiger partial charge in [0, 0.05) is 57.0 Å². The summed E-state index contributed by atoms with van der Waals surface area (Å²) in [6.45, 7) is 4.34. The molecule has 1 saturated heterocycles. The predicted octanol–water partition coefficient (Wildman–Crippen LogP) is 5.05. The summed E-state index contributed by atoms with van der Waals surface area (Å²) in [4.78, 5) is 20.9. The monoisotopic (exact) mass is 534 g/mol. The minimum absolute atomic E-state index is 0.0257. The first-order valence-electron chi connectivity index (χ1n) is 11.6. The smallest absolute Gasteiger partial charge is 0.317 e. The molecule has 11 heteroatoms. The number of ether oxygens (including phenoxy) is 1. The summed E-state index contributed by atoms with van der Waals surface area (Å²) in [7, 11) is 5.64. The van der Waals surface area contributed by atoms with E-state index < -0.39 is 11.0 Å². The highest BCUT2D eigenvalue weighted by atomic mass is 31.1. The molecule has 3 aromatic rings. The van der Waals surface area contributed by atoms with Crippen molar-refractivity contribution < 1.29 is 22.7 Å². The van der Waals surface area contributed by atoms with E-state index in [9.17, 15) is 13.6 Å². The van der Waals surface area contributed by atoms with Crippen LogP contribution in [0, 0.1) is 12.7 Å². The molecule has 0 saturated carbocycles. The van der Waals surface area contributed by atoms with Gasteiger partial charge in [-0.15, -0.1) is 0 Å². The number of carbonyl (C=O) groups excluding carboxylic acids is 1. The van der Waals surface area contributed by atoms with E-state index in [1.54, 1.807) is 25.1 Å². The number of carbonyl (C=O) groups is 1. The predicted molar refractivity (Wildman–Crippen MR) is 142 cm³/mol. The molecule has 7 nitrogen and oxygen atoms in total. The average Bonchev–Trinajstić information content (AvgIpc) is 3.12. The van der Waals surface area contributed by atoms with Crippen LogP contribution in [-0.4, -0.2) is 49.2 Å². The van der Waals surface area contributed by atoms with Crippen LogP contribution in [0.2, 0.25) is 0 Å². The molecule has 1 fully saturated rings. The first kappa shape index (κ1) is 26.3. The van der Waals surface area contributed by atoms with E-state index in [4.69, 9.17) is 9.15 Å². The highest BCUT2D eigenvalue weighted by Crippen LogP contribution is 2.40. The van der Waals surface area contributed by atoms with E-state index in [2.05, 4.69) is 15.2 Å². The van der Waals surface area contributed by atoms with Crippen molar-refractivity contribution in [1.29, 1.82) is 0 Å². The number of aromatic nitrogens is 1. The molecule has 36 heavy (non-hydrogen) atoms. The van der Waals surface area contributed by atoms with Crippen molar-refractivity contribution in [2.75, 3.05) is 38.2 Å². The standard InChI is InChI=1S/C25H30F2N4O3P2/c1-16-28-15-23(34-16)20-7-6-19(13-22(20)33-2)30-8-3-9-31(11-10-30)24(32)29-14-17-4-5-18(12-21(17)26)25(27,35)36/h4-7,12-13,15H,3,8-11,14,35-36H2,1-2H3,(H,29,32). The van der Waals surface area contributed by atoms with Crippen molar-refractivity contribution >= 4 is 30.2 Å². The number of rotatable bonds is 6. The second-order valence-electron chi connectivity index (χ2n) is 8.69. The largest absolute Gasteiger partial charge is 0.496 e. The van der Waals surface area contributed by atoms with Gasteiger partial charge in [-0.25, -0.2) is 18.6 Å². The Balaban J connectivity index is 1.37. The Morgan fingerprint density at radius 1 is 1.19 bits per heavy atom. The summed E-state index contributed by atoms with van der Waals surface area (Å²) in [5, 5.41) is 0.992. The van der Waals surface area contributed by atoms with Gasteiger partial charge in [0.1, 0.15) is 11.6 Å². The van der Waals surface area contributed by atoms with Gasteiger partial charge in [-0.2, -0.15) is 0 Å². The normalized spacial score (nSPS) is 14.5. The number of alkyl halides is 1. The van der Waals surface area contributed by atoms with Crippen molar-refractivity contribution in [2.24, 2.45) is 0 Å². The third kappa shape index (κ3) is 6.13. The lowest BCUT2D eigenvalue weighted by Gasteiger charge is -2.24. The highest BCUT2D eigenvalue weighted by molar-refractivity contribution is 7.38. The Morgan fingerprint density at radius 2 is 2.00 bits per heavy atom. The molecular formula is C25H30F2N4O3P2. The Labute approximate surface area is 214 Å². The molecule has 0 spiro atoms. The maximum Gasteiger partial charge on any atom is 0.317 e. The average molecular weight is 534 g/mol. The van der Waals surface area contributed by atoms with Crippen LogP contribution in [0.25, 0.3) is 11.3 Å². The first-order chi connectivity index (χ1) is 17.2. The molecule has 2 amide bonds. The van der Waals surface area contributed by atoms with Crippen LogP contribution in [0.5, 0.6) is 5.75 Å². The van der Waals surface area contributed by atoms with Crippen molar-refractivity contribution in [3.8, 4) is 17.1 Å². The molecule has 1 aromatic heterocycles. The number of anilines is 1. The van der Waals surface area contributed by atoms with E-state index in [0.717, 1.165) is 30.3 Å². The Hall–Kier alpha value is -2.76. The van der Waals surface area contributed by atoms with E-state index in [1.165, 1.54) is 12.1 Å². The first-order valence-corrected chi connectivity index (χ1v) is 12.8. The SMILES string of the molecule is COc1cc(N2CCCN(C(=O)NCc3ccc(C(F)(P)P)cc3F)CC2)ccc1-c1cnc(C)o1. The van der Waals surface area contributed by atoms with Gasteiger partial charge in [0.15, 0.2) is 16.8 Å². The van der Waals surface area contributed by atoms with Crippen LogP contribution in [0.15, 0.2) is 47.0 Å². The van der Waals surface area contributed by atoms with Crippen LogP contribution in [0.3, 0.4) is 0 Å². The van der Waals surface area contributed by atoms with Gasteiger partial charge in [0.05, 0.1) is 18.9 Å². The molecule has 0 bridgehead atoms. The molecule has 0 aliphatic carbocycles. The van der Waals surface area contributed by atoms with E-state index in [1.807, 2.05) is 36.7 Å². The second kappa shape index (κ2) is 11.1. The molecule has 1 aliphatic heterocycles. The molecule has 2 unspecified atom stereocenters. The van der Waals surface area contributed by atoms with Crippen LogP contribution < -0.4 is 15.0 Å².